The molecule has 0 aromatic heterocycles. The topological polar surface area (TPSA) is 0 Å². The van der Waals surface area contributed by atoms with Crippen LogP contribution in [0, 0.1) is 5.41 Å². The normalized spacial score (nSPS) is 11.8. The van der Waals surface area contributed by atoms with E-state index in [1.165, 1.54) is 4.98 Å². The maximum atomic E-state index is 2.29. The SMILES string of the molecule is CC(C)(C)[CH2][GaH2]. The summed E-state index contributed by atoms with van der Waals surface area (Å²) in [7, 11) is 0. The van der Waals surface area contributed by atoms with Gasteiger partial charge in [0.15, 0.2) is 0 Å². The Bertz CT molecular complexity index is 33.7. The van der Waals surface area contributed by atoms with Gasteiger partial charge in [-0.2, -0.15) is 0 Å². The predicted molar refractivity (Wildman–Crippen MR) is 32.8 cm³/mol. The first-order valence-electron chi connectivity index (χ1n) is 2.56. The van der Waals surface area contributed by atoms with E-state index in [1.807, 2.05) is 0 Å². The van der Waals surface area contributed by atoms with Gasteiger partial charge in [0.05, 0.1) is 0 Å². The third-order valence-corrected chi connectivity index (χ3v) is 5.51. The van der Waals surface area contributed by atoms with Gasteiger partial charge in [0.2, 0.25) is 0 Å². The molecule has 0 fully saturated rings. The zero-order chi connectivity index (χ0) is 5.21. The number of hydrogen-bond acceptors (Lipinski definition) is 0. The first-order chi connectivity index (χ1) is 2.56. The van der Waals surface area contributed by atoms with Crippen LogP contribution < -0.4 is 0 Å². The van der Waals surface area contributed by atoms with E-state index in [0.717, 1.165) is 18.6 Å². The van der Waals surface area contributed by atoms with Crippen molar-refractivity contribution in [3.05, 3.63) is 0 Å². The van der Waals surface area contributed by atoms with Crippen molar-refractivity contribution < 1.29 is 0 Å². The molecule has 0 heterocycles. The average molecular weight is 143 g/mol. The van der Waals surface area contributed by atoms with Crippen LogP contribution in [0.5, 0.6) is 0 Å². The second kappa shape index (κ2) is 2.08. The molecular weight excluding hydrogens is 130 g/mol. The summed E-state index contributed by atoms with van der Waals surface area (Å²) in [6.45, 7) is 6.87. The third-order valence-electron chi connectivity index (χ3n) is 1.06. The molecule has 0 rings (SSSR count). The second-order valence-electron chi connectivity index (χ2n) is 2.91. The monoisotopic (exact) mass is 142 g/mol. The van der Waals surface area contributed by atoms with Crippen LogP contribution in [0.3, 0.4) is 0 Å². The molecule has 0 saturated heterocycles. The fourth-order valence-electron chi connectivity index (χ4n) is 0. The fraction of sp³-hybridized carbons (Fsp3) is 1.00. The van der Waals surface area contributed by atoms with Gasteiger partial charge < -0.3 is 0 Å². The molecule has 0 bridgehead atoms. The van der Waals surface area contributed by atoms with Crippen molar-refractivity contribution >= 4 is 18.6 Å². The van der Waals surface area contributed by atoms with E-state index >= 15 is 0 Å². The molecule has 0 aromatic rings. The average Bonchev–Trinajstić information content (AvgIpc) is 1.35. The molecular formula is C5H13Ga. The molecule has 0 aromatic carbocycles. The molecule has 0 amide bonds. The molecule has 0 aliphatic rings. The molecule has 0 aliphatic heterocycles. The van der Waals surface area contributed by atoms with Crippen molar-refractivity contribution in [3.63, 3.8) is 0 Å². The molecule has 1 heteroatoms. The Kier molecular flexibility index (Phi) is 2.30. The van der Waals surface area contributed by atoms with Crippen LogP contribution >= 0.6 is 0 Å². The molecule has 0 unspecified atom stereocenters. The first kappa shape index (κ1) is 6.64. The third kappa shape index (κ3) is 4.64. The molecule has 0 radical (unpaired) electrons. The molecule has 0 saturated carbocycles. The maximum absolute atomic E-state index is 2.29. The first-order valence-corrected chi connectivity index (χ1v) is 5.53. The van der Waals surface area contributed by atoms with Crippen molar-refractivity contribution in [2.75, 3.05) is 0 Å². The summed E-state index contributed by atoms with van der Waals surface area (Å²) >= 11 is 1.05. The molecule has 0 N–H and O–H groups in total. The summed E-state index contributed by atoms with van der Waals surface area (Å²) in [6.07, 6.45) is 0. The Morgan fingerprint density at radius 2 is 1.50 bits per heavy atom. The van der Waals surface area contributed by atoms with Crippen LogP contribution in [-0.2, 0) is 0 Å². The quantitative estimate of drug-likeness (QED) is 0.445. The van der Waals surface area contributed by atoms with Gasteiger partial charge in [0.1, 0.15) is 0 Å². The zero-order valence-electron chi connectivity index (χ0n) is 5.21. The summed E-state index contributed by atoms with van der Waals surface area (Å²) in [6, 6.07) is 0. The van der Waals surface area contributed by atoms with E-state index in [0.29, 0.717) is 5.41 Å². The van der Waals surface area contributed by atoms with E-state index in [9.17, 15) is 0 Å². The minimum atomic E-state index is 0.625. The van der Waals surface area contributed by atoms with Crippen LogP contribution in [0.2, 0.25) is 4.98 Å². The summed E-state index contributed by atoms with van der Waals surface area (Å²) in [5, 5.41) is 0. The number of rotatable bonds is 0. The van der Waals surface area contributed by atoms with Gasteiger partial charge in [-0.25, -0.2) is 0 Å². The predicted octanol–water partition coefficient (Wildman–Crippen LogP) is 1.08. The Balaban J connectivity index is 3.17. The molecule has 0 nitrogen and oxygen atoms in total. The summed E-state index contributed by atoms with van der Waals surface area (Å²) in [5.74, 6) is 0. The Morgan fingerprint density at radius 3 is 1.50 bits per heavy atom. The van der Waals surface area contributed by atoms with Gasteiger partial charge >= 0.3 is 49.8 Å². The van der Waals surface area contributed by atoms with Crippen molar-refractivity contribution in [2.24, 2.45) is 5.41 Å². The van der Waals surface area contributed by atoms with Crippen LogP contribution in [0.4, 0.5) is 0 Å². The van der Waals surface area contributed by atoms with E-state index in [1.54, 1.807) is 0 Å². The Morgan fingerprint density at radius 1 is 1.33 bits per heavy atom. The summed E-state index contributed by atoms with van der Waals surface area (Å²) in [4.78, 5) is 1.46. The summed E-state index contributed by atoms with van der Waals surface area (Å²) < 4.78 is 0. The zero-order valence-corrected chi connectivity index (χ0v) is 9.40. The van der Waals surface area contributed by atoms with Gasteiger partial charge in [0.25, 0.3) is 0 Å². The van der Waals surface area contributed by atoms with Gasteiger partial charge in [-0.1, -0.05) is 0 Å². The molecule has 6 heavy (non-hydrogen) atoms. The van der Waals surface area contributed by atoms with Crippen LogP contribution in [0.15, 0.2) is 0 Å². The van der Waals surface area contributed by atoms with Gasteiger partial charge in [-0.05, 0) is 0 Å². The molecule has 0 spiro atoms. The van der Waals surface area contributed by atoms with Crippen LogP contribution in [0.25, 0.3) is 0 Å². The standard InChI is InChI=1S/C5H11.Ga.2H/c1-5(2,3)4;;;/h1H2,2-4H3;;;. The summed E-state index contributed by atoms with van der Waals surface area (Å²) in [5.41, 5.74) is 0.625. The molecule has 36 valence electrons. The van der Waals surface area contributed by atoms with Gasteiger partial charge in [-0.15, -0.1) is 0 Å². The molecule has 0 atom stereocenters. The van der Waals surface area contributed by atoms with E-state index < -0.39 is 0 Å². The van der Waals surface area contributed by atoms with Crippen molar-refractivity contribution in [1.82, 2.24) is 0 Å². The van der Waals surface area contributed by atoms with E-state index in [-0.39, 0.29) is 0 Å². The van der Waals surface area contributed by atoms with Crippen molar-refractivity contribution in [2.45, 2.75) is 25.7 Å². The Labute approximate surface area is 50.2 Å². The van der Waals surface area contributed by atoms with Gasteiger partial charge in [-0.3, -0.25) is 0 Å². The number of hydrogen-bond donors (Lipinski definition) is 0. The van der Waals surface area contributed by atoms with Crippen LogP contribution in [-0.4, -0.2) is 18.6 Å². The van der Waals surface area contributed by atoms with E-state index in [2.05, 4.69) is 20.8 Å². The van der Waals surface area contributed by atoms with Crippen molar-refractivity contribution in [1.29, 1.82) is 0 Å². The van der Waals surface area contributed by atoms with Gasteiger partial charge in [0, 0.05) is 0 Å². The van der Waals surface area contributed by atoms with Crippen LogP contribution in [0.1, 0.15) is 20.8 Å². The minimum absolute atomic E-state index is 0.625. The van der Waals surface area contributed by atoms with E-state index in [4.69, 9.17) is 0 Å². The fourth-order valence-corrected chi connectivity index (χ4v) is 0. The molecule has 0 aliphatic carbocycles. The second-order valence-corrected chi connectivity index (χ2v) is 4.40. The Hall–Kier alpha value is 0.636. The van der Waals surface area contributed by atoms with Crippen molar-refractivity contribution in [3.8, 4) is 0 Å².